The minimum absolute atomic E-state index is 0.0630. The number of halogens is 1. The predicted molar refractivity (Wildman–Crippen MR) is 164 cm³/mol. The Balaban J connectivity index is 1.62. The molecular weight excluding hydrogens is 575 g/mol. The maximum atomic E-state index is 15.5. The highest BCUT2D eigenvalue weighted by Crippen LogP contribution is 2.39. The third-order valence-corrected chi connectivity index (χ3v) is 8.01. The van der Waals surface area contributed by atoms with Crippen LogP contribution in [0.25, 0.3) is 22.3 Å². The molecule has 5 rings (SSSR count). The van der Waals surface area contributed by atoms with Gasteiger partial charge in [0, 0.05) is 42.3 Å². The van der Waals surface area contributed by atoms with E-state index in [1.807, 2.05) is 0 Å². The number of methoxy groups -OCH3 is 1. The minimum Gasteiger partial charge on any atom is -0.465 e. The maximum Gasteiger partial charge on any atom is 0.337 e. The minimum atomic E-state index is -3.76. The molecule has 0 bridgehead atoms. The van der Waals surface area contributed by atoms with E-state index in [0.717, 1.165) is 10.6 Å². The highest BCUT2D eigenvalue weighted by Gasteiger charge is 2.30. The number of hydrogen-bond acceptors (Lipinski definition) is 9. The molecule has 11 nitrogen and oxygen atoms in total. The zero-order chi connectivity index (χ0) is 30.9. The molecule has 0 saturated heterocycles. The molecule has 0 unspecified atom stereocenters. The number of carbonyl (C=O) groups excluding carboxylic acids is 2. The van der Waals surface area contributed by atoms with E-state index < -0.39 is 27.7 Å². The predicted octanol–water partition coefficient (Wildman–Crippen LogP) is 3.82. The SMILES string of the molecule is COC(=O)c1ccc2c(c1)NC(=O)/C2=C(\Nc1ccc(N(CCN(C)C)S(C)(=O)=O)c(F)c1)c1ccc2nccnc2c1. The Kier molecular flexibility index (Phi) is 8.11. The van der Waals surface area contributed by atoms with Crippen molar-refractivity contribution >= 4 is 61.3 Å². The fraction of sp³-hybridized carbons (Fsp3) is 0.200. The number of amides is 1. The molecule has 3 aromatic carbocycles. The number of nitrogens with one attached hydrogen (secondary N) is 2. The van der Waals surface area contributed by atoms with Gasteiger partial charge in [0.2, 0.25) is 10.0 Å². The molecule has 0 radical (unpaired) electrons. The Morgan fingerprint density at radius 1 is 0.977 bits per heavy atom. The standard InChI is InChI=1S/C30H29FN6O5S/c1-36(2)13-14-37(43(4,40)41)26-10-7-20(17-22(26)31)34-28(18-6-9-23-25(15-18)33-12-11-32-23)27-21-8-5-19(30(39)42-3)16-24(21)35-29(27)38/h5-12,15-17,34H,13-14H2,1-4H3,(H,35,38)/b28-27-. The number of nitrogens with zero attached hydrogens (tertiary/aromatic N) is 4. The molecule has 0 aliphatic carbocycles. The highest BCUT2D eigenvalue weighted by molar-refractivity contribution is 7.92. The first-order valence-corrected chi connectivity index (χ1v) is 15.0. The highest BCUT2D eigenvalue weighted by atomic mass is 32.2. The van der Waals surface area contributed by atoms with Crippen LogP contribution >= 0.6 is 0 Å². The summed E-state index contributed by atoms with van der Waals surface area (Å²) in [6.45, 7) is 0.452. The first kappa shape index (κ1) is 29.6. The fourth-order valence-electron chi connectivity index (χ4n) is 4.75. The number of sulfonamides is 1. The third kappa shape index (κ3) is 6.17. The smallest absolute Gasteiger partial charge is 0.337 e. The lowest BCUT2D eigenvalue weighted by Gasteiger charge is -2.25. The molecule has 0 spiro atoms. The lowest BCUT2D eigenvalue weighted by atomic mass is 9.98. The van der Waals surface area contributed by atoms with Crippen LogP contribution < -0.4 is 14.9 Å². The Morgan fingerprint density at radius 3 is 2.37 bits per heavy atom. The number of aromatic nitrogens is 2. The number of rotatable bonds is 9. The fourth-order valence-corrected chi connectivity index (χ4v) is 5.67. The van der Waals surface area contributed by atoms with E-state index in [4.69, 9.17) is 4.74 Å². The van der Waals surface area contributed by atoms with Crippen molar-refractivity contribution in [3.63, 3.8) is 0 Å². The van der Waals surface area contributed by atoms with Gasteiger partial charge in [-0.05, 0) is 56.6 Å². The van der Waals surface area contributed by atoms with Crippen molar-refractivity contribution in [2.45, 2.75) is 0 Å². The van der Waals surface area contributed by atoms with E-state index in [-0.39, 0.29) is 29.1 Å². The molecular formula is C30H29FN6O5S. The summed E-state index contributed by atoms with van der Waals surface area (Å²) in [7, 11) is 1.10. The zero-order valence-electron chi connectivity index (χ0n) is 23.9. The Morgan fingerprint density at radius 2 is 1.70 bits per heavy atom. The van der Waals surface area contributed by atoms with Crippen molar-refractivity contribution in [2.24, 2.45) is 0 Å². The van der Waals surface area contributed by atoms with Gasteiger partial charge in [0.1, 0.15) is 5.82 Å². The Bertz CT molecular complexity index is 1890. The number of fused-ring (bicyclic) bond motifs is 2. The van der Waals surface area contributed by atoms with Crippen molar-refractivity contribution in [1.82, 2.24) is 14.9 Å². The summed E-state index contributed by atoms with van der Waals surface area (Å²) in [5.41, 5.74) is 3.75. The van der Waals surface area contributed by atoms with Crippen molar-refractivity contribution in [3.05, 3.63) is 89.5 Å². The lowest BCUT2D eigenvalue weighted by Crippen LogP contribution is -2.36. The molecule has 0 saturated carbocycles. The van der Waals surface area contributed by atoms with Crippen LogP contribution in [0.5, 0.6) is 0 Å². The summed E-state index contributed by atoms with van der Waals surface area (Å²) in [5.74, 6) is -1.75. The number of carbonyl (C=O) groups is 2. The summed E-state index contributed by atoms with van der Waals surface area (Å²) in [5, 5.41) is 5.97. The van der Waals surface area contributed by atoms with E-state index in [9.17, 15) is 18.0 Å². The molecule has 2 N–H and O–H groups in total. The number of hydrogen-bond donors (Lipinski definition) is 2. The number of ether oxygens (including phenoxy) is 1. The van der Waals surface area contributed by atoms with E-state index in [2.05, 4.69) is 20.6 Å². The van der Waals surface area contributed by atoms with Crippen molar-refractivity contribution in [1.29, 1.82) is 0 Å². The average molecular weight is 605 g/mol. The second kappa shape index (κ2) is 11.8. The summed E-state index contributed by atoms with van der Waals surface area (Å²) in [6, 6.07) is 14.1. The summed E-state index contributed by atoms with van der Waals surface area (Å²) in [4.78, 5) is 36.0. The van der Waals surface area contributed by atoms with Gasteiger partial charge < -0.3 is 20.3 Å². The number of benzene rings is 3. The quantitative estimate of drug-likeness (QED) is 0.216. The number of anilines is 3. The van der Waals surface area contributed by atoms with E-state index >= 15 is 4.39 Å². The molecule has 1 amide bonds. The van der Waals surface area contributed by atoms with E-state index in [1.54, 1.807) is 67.8 Å². The molecule has 43 heavy (non-hydrogen) atoms. The molecule has 222 valence electrons. The van der Waals surface area contributed by atoms with Gasteiger partial charge in [0.25, 0.3) is 5.91 Å². The number of likely N-dealkylation sites (N-methyl/N-ethyl adjacent to an activating group) is 1. The first-order chi connectivity index (χ1) is 20.5. The van der Waals surface area contributed by atoms with Crippen LogP contribution in [-0.4, -0.2) is 75.7 Å². The first-order valence-electron chi connectivity index (χ1n) is 13.1. The van der Waals surface area contributed by atoms with Gasteiger partial charge in [0.15, 0.2) is 0 Å². The van der Waals surface area contributed by atoms with Crippen LogP contribution in [0.15, 0.2) is 67.0 Å². The van der Waals surface area contributed by atoms with Gasteiger partial charge in [0.05, 0.1) is 52.6 Å². The van der Waals surface area contributed by atoms with Crippen LogP contribution in [0.4, 0.5) is 21.5 Å². The van der Waals surface area contributed by atoms with Gasteiger partial charge in [-0.15, -0.1) is 0 Å². The average Bonchev–Trinajstić information content (AvgIpc) is 3.30. The van der Waals surface area contributed by atoms with Crippen LogP contribution in [0.3, 0.4) is 0 Å². The maximum absolute atomic E-state index is 15.5. The van der Waals surface area contributed by atoms with Gasteiger partial charge in [-0.3, -0.25) is 19.1 Å². The zero-order valence-corrected chi connectivity index (χ0v) is 24.7. The van der Waals surface area contributed by atoms with Gasteiger partial charge >= 0.3 is 5.97 Å². The molecule has 1 aliphatic heterocycles. The summed E-state index contributed by atoms with van der Waals surface area (Å²) < 4.78 is 46.4. The molecule has 4 aromatic rings. The topological polar surface area (TPSA) is 134 Å². The van der Waals surface area contributed by atoms with Crippen LogP contribution in [0, 0.1) is 5.82 Å². The summed E-state index contributed by atoms with van der Waals surface area (Å²) in [6.07, 6.45) is 4.15. The largest absolute Gasteiger partial charge is 0.465 e. The van der Waals surface area contributed by atoms with Gasteiger partial charge in [-0.2, -0.15) is 0 Å². The van der Waals surface area contributed by atoms with E-state index in [1.165, 1.54) is 25.3 Å². The molecule has 13 heteroatoms. The third-order valence-electron chi connectivity index (χ3n) is 6.83. The second-order valence-corrected chi connectivity index (χ2v) is 12.1. The van der Waals surface area contributed by atoms with Gasteiger partial charge in [-0.1, -0.05) is 12.1 Å². The second-order valence-electron chi connectivity index (χ2n) is 10.1. The Labute approximate surface area is 248 Å². The van der Waals surface area contributed by atoms with Crippen LogP contribution in [0.2, 0.25) is 0 Å². The molecule has 1 aliphatic rings. The molecule has 2 heterocycles. The summed E-state index contributed by atoms with van der Waals surface area (Å²) >= 11 is 0. The molecule has 0 fully saturated rings. The van der Waals surface area contributed by atoms with Crippen molar-refractivity contribution in [3.8, 4) is 0 Å². The Hall–Kier alpha value is -4.88. The molecule has 1 aromatic heterocycles. The van der Waals surface area contributed by atoms with Crippen LogP contribution in [0.1, 0.15) is 21.5 Å². The van der Waals surface area contributed by atoms with Crippen molar-refractivity contribution < 1.29 is 27.1 Å². The number of esters is 1. The monoisotopic (exact) mass is 604 g/mol. The molecule has 0 atom stereocenters. The van der Waals surface area contributed by atoms with Crippen LogP contribution in [-0.2, 0) is 19.6 Å². The lowest BCUT2D eigenvalue weighted by molar-refractivity contribution is -0.110. The normalized spacial score (nSPS) is 14.0. The van der Waals surface area contributed by atoms with E-state index in [0.29, 0.717) is 40.1 Å². The van der Waals surface area contributed by atoms with Crippen molar-refractivity contribution in [2.75, 3.05) is 55.5 Å². The van der Waals surface area contributed by atoms with Gasteiger partial charge in [-0.25, -0.2) is 17.6 Å².